The zero-order valence-electron chi connectivity index (χ0n) is 12.1. The van der Waals surface area contributed by atoms with Gasteiger partial charge in [-0.15, -0.1) is 10.2 Å². The third-order valence-electron chi connectivity index (χ3n) is 2.91. The van der Waals surface area contributed by atoms with Crippen LogP contribution in [0.4, 0.5) is 11.5 Å². The lowest BCUT2D eigenvalue weighted by Gasteiger charge is -2.07. The summed E-state index contributed by atoms with van der Waals surface area (Å²) in [5, 5.41) is 14.6. The average molecular weight is 339 g/mol. The number of nitrogens with one attached hydrogen (secondary N) is 2. The number of benzene rings is 1. The lowest BCUT2D eigenvalue weighted by Crippen LogP contribution is -2.15. The summed E-state index contributed by atoms with van der Waals surface area (Å²) in [6, 6.07) is 8.18. The second-order valence-corrected chi connectivity index (χ2v) is 5.51. The van der Waals surface area contributed by atoms with E-state index in [4.69, 9.17) is 23.2 Å². The predicted octanol–water partition coefficient (Wildman–Crippen LogP) is 4.25. The van der Waals surface area contributed by atoms with E-state index in [0.29, 0.717) is 21.6 Å². The van der Waals surface area contributed by atoms with E-state index < -0.39 is 0 Å². The van der Waals surface area contributed by atoms with Crippen LogP contribution in [0.3, 0.4) is 0 Å². The average Bonchev–Trinajstić information content (AvgIpc) is 2.51. The van der Waals surface area contributed by atoms with Gasteiger partial charge in [-0.3, -0.25) is 4.79 Å². The van der Waals surface area contributed by atoms with E-state index in [1.165, 1.54) is 0 Å². The van der Waals surface area contributed by atoms with Gasteiger partial charge in [0.1, 0.15) is 5.82 Å². The van der Waals surface area contributed by atoms with E-state index in [2.05, 4.69) is 27.8 Å². The number of halogens is 2. The lowest BCUT2D eigenvalue weighted by atomic mass is 10.3. The van der Waals surface area contributed by atoms with Crippen molar-refractivity contribution in [1.29, 1.82) is 0 Å². The quantitative estimate of drug-likeness (QED) is 0.772. The first-order valence-corrected chi connectivity index (χ1v) is 7.69. The minimum atomic E-state index is -0.378. The van der Waals surface area contributed by atoms with E-state index in [-0.39, 0.29) is 11.6 Å². The molecule has 1 aromatic carbocycles. The number of unbranched alkanes of at least 4 members (excludes halogenated alkanes) is 1. The normalized spacial score (nSPS) is 10.3. The number of anilines is 2. The van der Waals surface area contributed by atoms with Crippen LogP contribution in [0.5, 0.6) is 0 Å². The first-order chi connectivity index (χ1) is 10.6. The molecule has 7 heteroatoms. The van der Waals surface area contributed by atoms with Crippen LogP contribution in [0.2, 0.25) is 10.0 Å². The molecule has 1 amide bonds. The van der Waals surface area contributed by atoms with Crippen LogP contribution >= 0.6 is 23.2 Å². The fraction of sp³-hybridized carbons (Fsp3) is 0.267. The number of aromatic nitrogens is 2. The summed E-state index contributed by atoms with van der Waals surface area (Å²) in [6.07, 6.45) is 2.15. The van der Waals surface area contributed by atoms with Gasteiger partial charge in [-0.1, -0.05) is 36.5 Å². The topological polar surface area (TPSA) is 66.9 Å². The van der Waals surface area contributed by atoms with Crippen molar-refractivity contribution in [2.45, 2.75) is 19.8 Å². The van der Waals surface area contributed by atoms with E-state index >= 15 is 0 Å². The highest BCUT2D eigenvalue weighted by molar-refractivity contribution is 6.36. The third-order valence-corrected chi connectivity index (χ3v) is 3.46. The van der Waals surface area contributed by atoms with E-state index in [0.717, 1.165) is 19.4 Å². The van der Waals surface area contributed by atoms with Crippen molar-refractivity contribution in [2.24, 2.45) is 0 Å². The number of hydrogen-bond donors (Lipinski definition) is 2. The number of hydrogen-bond acceptors (Lipinski definition) is 4. The van der Waals surface area contributed by atoms with Crippen LogP contribution in [0, 0.1) is 0 Å². The van der Waals surface area contributed by atoms with Gasteiger partial charge in [-0.25, -0.2) is 0 Å². The second kappa shape index (κ2) is 7.96. The summed E-state index contributed by atoms with van der Waals surface area (Å²) in [7, 11) is 0. The van der Waals surface area contributed by atoms with Gasteiger partial charge in [0, 0.05) is 11.6 Å². The molecular formula is C15H16Cl2N4O. The summed E-state index contributed by atoms with van der Waals surface area (Å²) in [4.78, 5) is 12.1. The molecule has 0 aliphatic carbocycles. The van der Waals surface area contributed by atoms with Gasteiger partial charge in [-0.2, -0.15) is 0 Å². The Labute approximate surface area is 139 Å². The molecule has 0 bridgehead atoms. The fourth-order valence-electron chi connectivity index (χ4n) is 1.72. The van der Waals surface area contributed by atoms with Crippen LogP contribution in [-0.2, 0) is 0 Å². The number of rotatable bonds is 6. The largest absolute Gasteiger partial charge is 0.369 e. The number of amides is 1. The summed E-state index contributed by atoms with van der Waals surface area (Å²) >= 11 is 11.8. The summed E-state index contributed by atoms with van der Waals surface area (Å²) in [5.74, 6) is 0.270. The van der Waals surface area contributed by atoms with Gasteiger partial charge in [0.05, 0.1) is 10.7 Å². The van der Waals surface area contributed by atoms with Crippen LogP contribution < -0.4 is 10.6 Å². The van der Waals surface area contributed by atoms with Gasteiger partial charge in [0.15, 0.2) is 5.69 Å². The molecule has 2 aromatic rings. The lowest BCUT2D eigenvalue weighted by molar-refractivity contribution is 0.102. The molecule has 0 atom stereocenters. The maximum atomic E-state index is 12.1. The van der Waals surface area contributed by atoms with E-state index in [1.54, 1.807) is 30.3 Å². The maximum Gasteiger partial charge on any atom is 0.276 e. The molecule has 116 valence electrons. The van der Waals surface area contributed by atoms with Crippen LogP contribution in [0.15, 0.2) is 30.3 Å². The predicted molar refractivity (Wildman–Crippen MR) is 89.8 cm³/mol. The van der Waals surface area contributed by atoms with Gasteiger partial charge in [-0.05, 0) is 36.8 Å². The van der Waals surface area contributed by atoms with Crippen molar-refractivity contribution in [1.82, 2.24) is 10.2 Å². The molecule has 0 fully saturated rings. The molecule has 2 rings (SSSR count). The Morgan fingerprint density at radius 3 is 2.64 bits per heavy atom. The Morgan fingerprint density at radius 1 is 1.18 bits per heavy atom. The summed E-state index contributed by atoms with van der Waals surface area (Å²) in [5.41, 5.74) is 0.690. The smallest absolute Gasteiger partial charge is 0.276 e. The first-order valence-electron chi connectivity index (χ1n) is 6.94. The molecular weight excluding hydrogens is 323 g/mol. The van der Waals surface area contributed by atoms with E-state index in [1.807, 2.05) is 0 Å². The third kappa shape index (κ3) is 4.58. The highest BCUT2D eigenvalue weighted by atomic mass is 35.5. The van der Waals surface area contributed by atoms with Crippen molar-refractivity contribution < 1.29 is 4.79 Å². The molecule has 0 saturated heterocycles. The molecule has 0 unspecified atom stereocenters. The number of nitrogens with zero attached hydrogens (tertiary/aromatic N) is 2. The molecule has 0 aliphatic rings. The maximum absolute atomic E-state index is 12.1. The molecule has 0 spiro atoms. The van der Waals surface area contributed by atoms with Crippen LogP contribution in [-0.4, -0.2) is 22.6 Å². The van der Waals surface area contributed by atoms with Crippen molar-refractivity contribution in [3.63, 3.8) is 0 Å². The standard InChI is InChI=1S/C15H16Cl2N4O/c1-2-3-8-18-14-7-6-13(20-21-14)15(22)19-12-5-4-10(16)9-11(12)17/h4-7,9H,2-3,8H2,1H3,(H,18,21)(H,19,22). The van der Waals surface area contributed by atoms with Gasteiger partial charge in [0.2, 0.25) is 0 Å². The zero-order valence-corrected chi connectivity index (χ0v) is 13.6. The van der Waals surface area contributed by atoms with Crippen molar-refractivity contribution in [2.75, 3.05) is 17.2 Å². The Bertz CT molecular complexity index is 646. The molecule has 0 radical (unpaired) electrons. The van der Waals surface area contributed by atoms with Crippen molar-refractivity contribution in [3.8, 4) is 0 Å². The number of carbonyl (C=O) groups excluding carboxylic acids is 1. The number of carbonyl (C=O) groups is 1. The highest BCUT2D eigenvalue weighted by Gasteiger charge is 2.11. The minimum absolute atomic E-state index is 0.215. The van der Waals surface area contributed by atoms with Crippen molar-refractivity contribution in [3.05, 3.63) is 46.1 Å². The SMILES string of the molecule is CCCCNc1ccc(C(=O)Nc2ccc(Cl)cc2Cl)nn1. The van der Waals surface area contributed by atoms with Gasteiger partial charge < -0.3 is 10.6 Å². The Kier molecular flexibility index (Phi) is 5.98. The molecule has 1 aromatic heterocycles. The van der Waals surface area contributed by atoms with Crippen molar-refractivity contribution >= 4 is 40.6 Å². The molecule has 1 heterocycles. The Balaban J connectivity index is 2.00. The van der Waals surface area contributed by atoms with Gasteiger partial charge >= 0.3 is 0 Å². The fourth-order valence-corrected chi connectivity index (χ4v) is 2.17. The summed E-state index contributed by atoms with van der Waals surface area (Å²) in [6.45, 7) is 2.94. The molecule has 22 heavy (non-hydrogen) atoms. The first kappa shape index (κ1) is 16.5. The molecule has 5 nitrogen and oxygen atoms in total. The molecule has 0 aliphatic heterocycles. The molecule has 0 saturated carbocycles. The highest BCUT2D eigenvalue weighted by Crippen LogP contribution is 2.25. The minimum Gasteiger partial charge on any atom is -0.369 e. The Hall–Kier alpha value is -1.85. The summed E-state index contributed by atoms with van der Waals surface area (Å²) < 4.78 is 0. The van der Waals surface area contributed by atoms with Gasteiger partial charge in [0.25, 0.3) is 5.91 Å². The zero-order chi connectivity index (χ0) is 15.9. The monoisotopic (exact) mass is 338 g/mol. The molecule has 2 N–H and O–H groups in total. The van der Waals surface area contributed by atoms with Crippen LogP contribution in [0.1, 0.15) is 30.3 Å². The van der Waals surface area contributed by atoms with E-state index in [9.17, 15) is 4.79 Å². The second-order valence-electron chi connectivity index (χ2n) is 4.66. The van der Waals surface area contributed by atoms with Crippen LogP contribution in [0.25, 0.3) is 0 Å². The Morgan fingerprint density at radius 2 is 2.00 bits per heavy atom.